The summed E-state index contributed by atoms with van der Waals surface area (Å²) in [7, 11) is 0. The van der Waals surface area contributed by atoms with E-state index in [1.54, 1.807) is 0 Å². The highest BCUT2D eigenvalue weighted by atomic mass is 16.4. The number of hydrogen-bond acceptors (Lipinski definition) is 4. The lowest BCUT2D eigenvalue weighted by molar-refractivity contribution is -0.140. The van der Waals surface area contributed by atoms with Gasteiger partial charge in [-0.25, -0.2) is 0 Å². The molecule has 86 valence electrons. The molecular weight excluding hydrogens is 212 g/mol. The summed E-state index contributed by atoms with van der Waals surface area (Å²) < 4.78 is 1.51. The first kappa shape index (κ1) is 10.6. The molecule has 1 aromatic heterocycles. The summed E-state index contributed by atoms with van der Waals surface area (Å²) in [6, 6.07) is 0. The number of carbonyl (C=O) groups excluding carboxylic acids is 1. The van der Waals surface area contributed by atoms with E-state index >= 15 is 0 Å². The molecular formula is C9H12N4O3. The number of carboxylic acids is 1. The molecule has 1 fully saturated rings. The fraction of sp³-hybridized carbons (Fsp3) is 0.444. The van der Waals surface area contributed by atoms with Gasteiger partial charge in [0.05, 0.1) is 23.7 Å². The smallest absolute Gasteiger partial charge is 0.305 e. The van der Waals surface area contributed by atoms with Crippen LogP contribution in [0.5, 0.6) is 0 Å². The van der Waals surface area contributed by atoms with Gasteiger partial charge in [-0.2, -0.15) is 5.10 Å². The lowest BCUT2D eigenvalue weighted by Gasteiger charge is -2.41. The Morgan fingerprint density at radius 3 is 2.69 bits per heavy atom. The average Bonchev–Trinajstić information content (AvgIpc) is 2.59. The minimum absolute atomic E-state index is 0.0279. The van der Waals surface area contributed by atoms with Crippen LogP contribution in [-0.4, -0.2) is 39.9 Å². The number of hydrogen-bond donors (Lipinski definition) is 3. The zero-order chi connectivity index (χ0) is 11.8. The number of carbonyl (C=O) groups is 2. The summed E-state index contributed by atoms with van der Waals surface area (Å²) in [5.74, 6) is -1.46. The second-order valence-corrected chi connectivity index (χ2v) is 3.94. The van der Waals surface area contributed by atoms with Crippen molar-refractivity contribution in [3.63, 3.8) is 0 Å². The van der Waals surface area contributed by atoms with Crippen molar-refractivity contribution < 1.29 is 14.7 Å². The minimum Gasteiger partial charge on any atom is -0.481 e. The SMILES string of the molecule is NC(=O)c1cnn(C2(CC(=O)O)CNC2)c1. The van der Waals surface area contributed by atoms with Crippen molar-refractivity contribution >= 4 is 11.9 Å². The highest BCUT2D eigenvalue weighted by Gasteiger charge is 2.41. The summed E-state index contributed by atoms with van der Waals surface area (Å²) in [6.45, 7) is 1.05. The third kappa shape index (κ3) is 1.65. The van der Waals surface area contributed by atoms with Crippen LogP contribution in [0.15, 0.2) is 12.4 Å². The van der Waals surface area contributed by atoms with Gasteiger partial charge in [0.1, 0.15) is 0 Å². The first-order chi connectivity index (χ1) is 7.53. The molecule has 0 radical (unpaired) electrons. The van der Waals surface area contributed by atoms with E-state index in [9.17, 15) is 9.59 Å². The normalized spacial score (nSPS) is 17.8. The van der Waals surface area contributed by atoms with Crippen LogP contribution < -0.4 is 11.1 Å². The van der Waals surface area contributed by atoms with Gasteiger partial charge in [-0.15, -0.1) is 0 Å². The number of nitrogens with one attached hydrogen (secondary N) is 1. The fourth-order valence-corrected chi connectivity index (χ4v) is 1.77. The number of aromatic nitrogens is 2. The topological polar surface area (TPSA) is 110 Å². The molecule has 1 aromatic rings. The van der Waals surface area contributed by atoms with Gasteiger partial charge in [-0.05, 0) is 0 Å². The first-order valence-corrected chi connectivity index (χ1v) is 4.81. The Morgan fingerprint density at radius 1 is 1.62 bits per heavy atom. The maximum absolute atomic E-state index is 10.9. The molecule has 0 aromatic carbocycles. The molecule has 0 atom stereocenters. The monoisotopic (exact) mass is 224 g/mol. The Labute approximate surface area is 91.2 Å². The van der Waals surface area contributed by atoms with Crippen molar-refractivity contribution in [3.8, 4) is 0 Å². The fourth-order valence-electron chi connectivity index (χ4n) is 1.77. The maximum Gasteiger partial charge on any atom is 0.305 e. The van der Waals surface area contributed by atoms with Crippen molar-refractivity contribution in [2.24, 2.45) is 5.73 Å². The van der Waals surface area contributed by atoms with Crippen LogP contribution in [0.4, 0.5) is 0 Å². The Morgan fingerprint density at radius 2 is 2.31 bits per heavy atom. The molecule has 0 aliphatic carbocycles. The van der Waals surface area contributed by atoms with E-state index in [-0.39, 0.29) is 12.0 Å². The summed E-state index contributed by atoms with van der Waals surface area (Å²) in [5, 5.41) is 15.8. The van der Waals surface area contributed by atoms with E-state index in [0.29, 0.717) is 13.1 Å². The predicted molar refractivity (Wildman–Crippen MR) is 53.8 cm³/mol. The van der Waals surface area contributed by atoms with E-state index < -0.39 is 17.4 Å². The lowest BCUT2D eigenvalue weighted by atomic mass is 9.89. The Kier molecular flexibility index (Phi) is 2.39. The van der Waals surface area contributed by atoms with Gasteiger partial charge in [0, 0.05) is 19.3 Å². The van der Waals surface area contributed by atoms with Gasteiger partial charge in [-0.3, -0.25) is 14.3 Å². The van der Waals surface area contributed by atoms with Gasteiger partial charge in [-0.1, -0.05) is 0 Å². The molecule has 4 N–H and O–H groups in total. The molecule has 1 saturated heterocycles. The van der Waals surface area contributed by atoms with E-state index in [0.717, 1.165) is 0 Å². The van der Waals surface area contributed by atoms with Crippen molar-refractivity contribution in [1.29, 1.82) is 0 Å². The third-order valence-corrected chi connectivity index (χ3v) is 2.74. The number of rotatable bonds is 4. The molecule has 0 saturated carbocycles. The predicted octanol–water partition coefficient (Wildman–Crippen LogP) is -1.24. The molecule has 1 amide bonds. The molecule has 16 heavy (non-hydrogen) atoms. The van der Waals surface area contributed by atoms with Crippen molar-refractivity contribution in [2.45, 2.75) is 12.0 Å². The standard InChI is InChI=1S/C9H12N4O3/c10-8(16)6-2-12-13(3-6)9(1-7(14)15)4-11-5-9/h2-3,11H,1,4-5H2,(H2,10,16)(H,14,15). The van der Waals surface area contributed by atoms with E-state index in [4.69, 9.17) is 10.8 Å². The van der Waals surface area contributed by atoms with E-state index in [1.165, 1.54) is 17.1 Å². The van der Waals surface area contributed by atoms with Crippen LogP contribution in [0, 0.1) is 0 Å². The Hall–Kier alpha value is -1.89. The molecule has 7 nitrogen and oxygen atoms in total. The Bertz CT molecular complexity index is 436. The van der Waals surface area contributed by atoms with Gasteiger partial charge in [0.2, 0.25) is 0 Å². The average molecular weight is 224 g/mol. The zero-order valence-corrected chi connectivity index (χ0v) is 8.51. The number of primary amides is 1. The summed E-state index contributed by atoms with van der Waals surface area (Å²) in [4.78, 5) is 21.7. The number of aliphatic carboxylic acids is 1. The summed E-state index contributed by atoms with van der Waals surface area (Å²) in [5.41, 5.74) is 4.83. The molecule has 0 spiro atoms. The van der Waals surface area contributed by atoms with Crippen LogP contribution in [0.2, 0.25) is 0 Å². The highest BCUT2D eigenvalue weighted by Crippen LogP contribution is 2.25. The van der Waals surface area contributed by atoms with E-state index in [1.807, 2.05) is 0 Å². The quantitative estimate of drug-likeness (QED) is 0.592. The zero-order valence-electron chi connectivity index (χ0n) is 8.51. The third-order valence-electron chi connectivity index (χ3n) is 2.74. The van der Waals surface area contributed by atoms with Crippen LogP contribution in [0.3, 0.4) is 0 Å². The number of carboxylic acid groups (broad SMARTS) is 1. The van der Waals surface area contributed by atoms with Crippen molar-refractivity contribution in [3.05, 3.63) is 18.0 Å². The molecule has 0 bridgehead atoms. The number of amides is 1. The minimum atomic E-state index is -0.891. The van der Waals surface area contributed by atoms with Crippen molar-refractivity contribution in [2.75, 3.05) is 13.1 Å². The van der Waals surface area contributed by atoms with Crippen LogP contribution in [0.25, 0.3) is 0 Å². The van der Waals surface area contributed by atoms with Gasteiger partial charge in [0.15, 0.2) is 0 Å². The number of nitrogens with zero attached hydrogens (tertiary/aromatic N) is 2. The van der Waals surface area contributed by atoms with Crippen LogP contribution >= 0.6 is 0 Å². The number of nitrogens with two attached hydrogens (primary N) is 1. The maximum atomic E-state index is 10.9. The molecule has 1 aliphatic heterocycles. The lowest BCUT2D eigenvalue weighted by Crippen LogP contribution is -2.61. The summed E-state index contributed by atoms with van der Waals surface area (Å²) >= 11 is 0. The second kappa shape index (κ2) is 3.60. The van der Waals surface area contributed by atoms with Crippen LogP contribution in [0.1, 0.15) is 16.8 Å². The molecule has 7 heteroatoms. The molecule has 0 unspecified atom stereocenters. The molecule has 1 aliphatic rings. The van der Waals surface area contributed by atoms with Gasteiger partial charge < -0.3 is 16.2 Å². The van der Waals surface area contributed by atoms with E-state index in [2.05, 4.69) is 10.4 Å². The highest BCUT2D eigenvalue weighted by molar-refractivity contribution is 5.92. The molecule has 2 rings (SSSR count). The first-order valence-electron chi connectivity index (χ1n) is 4.81. The van der Waals surface area contributed by atoms with Gasteiger partial charge >= 0.3 is 5.97 Å². The van der Waals surface area contributed by atoms with Crippen LogP contribution in [-0.2, 0) is 10.3 Å². The Balaban J connectivity index is 2.26. The second-order valence-electron chi connectivity index (χ2n) is 3.94. The largest absolute Gasteiger partial charge is 0.481 e. The van der Waals surface area contributed by atoms with Crippen molar-refractivity contribution in [1.82, 2.24) is 15.1 Å². The molecule has 2 heterocycles. The van der Waals surface area contributed by atoms with Gasteiger partial charge in [0.25, 0.3) is 5.91 Å². The summed E-state index contributed by atoms with van der Waals surface area (Å²) in [6.07, 6.45) is 2.82.